The highest BCUT2D eigenvalue weighted by molar-refractivity contribution is 7.90. The van der Waals surface area contributed by atoms with Gasteiger partial charge in [-0.1, -0.05) is 22.9 Å². The summed E-state index contributed by atoms with van der Waals surface area (Å²) in [4.78, 5) is 24.7. The summed E-state index contributed by atoms with van der Waals surface area (Å²) in [5, 5.41) is 1.05. The minimum atomic E-state index is -3.34. The average molecular weight is 531 g/mol. The van der Waals surface area contributed by atoms with Crippen molar-refractivity contribution in [3.8, 4) is 16.5 Å². The smallest absolute Gasteiger partial charge is 0.275 e. The van der Waals surface area contributed by atoms with Crippen LogP contribution in [0.25, 0.3) is 21.6 Å². The number of halogens is 1. The maximum absolute atomic E-state index is 11.6. The van der Waals surface area contributed by atoms with Gasteiger partial charge in [0.25, 0.3) is 5.19 Å². The van der Waals surface area contributed by atoms with Crippen LogP contribution in [0.4, 0.5) is 5.82 Å². The van der Waals surface area contributed by atoms with Gasteiger partial charge >= 0.3 is 0 Å². The van der Waals surface area contributed by atoms with E-state index in [-0.39, 0.29) is 5.03 Å². The Morgan fingerprint density at radius 1 is 1.06 bits per heavy atom. The van der Waals surface area contributed by atoms with Crippen molar-refractivity contribution in [2.75, 3.05) is 30.9 Å². The molecule has 0 unspecified atom stereocenters. The van der Waals surface area contributed by atoms with Crippen LogP contribution in [-0.2, 0) is 9.84 Å². The maximum Gasteiger partial charge on any atom is 0.275 e. The van der Waals surface area contributed by atoms with Crippen LogP contribution in [0.2, 0.25) is 5.15 Å². The van der Waals surface area contributed by atoms with E-state index in [4.69, 9.17) is 16.3 Å². The quantitative estimate of drug-likeness (QED) is 0.345. The number of aromatic nitrogens is 5. The molecular weight excluding hydrogens is 508 g/mol. The third kappa shape index (κ3) is 5.68. The zero-order chi connectivity index (χ0) is 24.4. The lowest BCUT2D eigenvalue weighted by atomic mass is 9.94. The number of rotatable bonds is 7. The molecule has 1 saturated heterocycles. The molecule has 5 heterocycles. The van der Waals surface area contributed by atoms with Crippen LogP contribution < -0.4 is 9.64 Å². The first-order chi connectivity index (χ1) is 16.8. The minimum Gasteiger partial charge on any atom is -0.470 e. The summed E-state index contributed by atoms with van der Waals surface area (Å²) in [7, 11) is -3.34. The number of hydrogen-bond donors (Lipinski definition) is 0. The first-order valence-corrected chi connectivity index (χ1v) is 14.2. The molecule has 4 aromatic heterocycles. The fraction of sp³-hybridized carbons (Fsp3) is 0.348. The van der Waals surface area contributed by atoms with Gasteiger partial charge in [-0.3, -0.25) is 0 Å². The number of pyridine rings is 2. The van der Waals surface area contributed by atoms with Crippen molar-refractivity contribution in [1.29, 1.82) is 0 Å². The molecule has 0 aromatic carbocycles. The molecule has 0 radical (unpaired) electrons. The van der Waals surface area contributed by atoms with E-state index in [9.17, 15) is 8.42 Å². The van der Waals surface area contributed by atoms with Crippen molar-refractivity contribution in [2.24, 2.45) is 5.92 Å². The van der Waals surface area contributed by atoms with Gasteiger partial charge in [0.2, 0.25) is 0 Å². The Morgan fingerprint density at radius 2 is 1.89 bits per heavy atom. The number of anilines is 1. The highest BCUT2D eigenvalue weighted by Crippen LogP contribution is 2.30. The van der Waals surface area contributed by atoms with Crippen LogP contribution in [0, 0.1) is 5.92 Å². The van der Waals surface area contributed by atoms with Crippen LogP contribution in [0.5, 0.6) is 5.19 Å². The molecule has 0 aliphatic carbocycles. The number of nitrogens with zero attached hydrogens (tertiary/aromatic N) is 6. The molecule has 0 N–H and O–H groups in total. The molecule has 1 fully saturated rings. The van der Waals surface area contributed by atoms with Crippen LogP contribution in [0.3, 0.4) is 0 Å². The lowest BCUT2D eigenvalue weighted by molar-refractivity contribution is 0.258. The number of thiazole rings is 1. The molecule has 0 spiro atoms. The van der Waals surface area contributed by atoms with Gasteiger partial charge in [0.1, 0.15) is 21.3 Å². The van der Waals surface area contributed by atoms with E-state index in [0.717, 1.165) is 60.3 Å². The summed E-state index contributed by atoms with van der Waals surface area (Å²) in [6, 6.07) is 6.94. The largest absolute Gasteiger partial charge is 0.470 e. The third-order valence-corrected chi connectivity index (χ3v) is 8.02. The standard InChI is InChI=1S/C23H23ClN6O3S2/c1-35(31,32)21-5-2-16(12-27-21)17-3-4-18-22(28-17)34-23(29-18)33-11-8-15-6-9-30(10-7-15)20-14-25-19(24)13-26-20/h2-5,12-15H,6-11H2,1H3. The lowest BCUT2D eigenvalue weighted by Crippen LogP contribution is -2.34. The molecule has 1 aliphatic heterocycles. The number of sulfone groups is 1. The van der Waals surface area contributed by atoms with Crippen molar-refractivity contribution in [3.63, 3.8) is 0 Å². The van der Waals surface area contributed by atoms with Gasteiger partial charge in [-0.05, 0) is 49.4 Å². The molecule has 0 saturated carbocycles. The van der Waals surface area contributed by atoms with Gasteiger partial charge in [0.15, 0.2) is 14.9 Å². The first-order valence-electron chi connectivity index (χ1n) is 11.1. The Morgan fingerprint density at radius 3 is 2.57 bits per heavy atom. The average Bonchev–Trinajstić information content (AvgIpc) is 3.26. The topological polar surface area (TPSA) is 111 Å². The van der Waals surface area contributed by atoms with Crippen LogP contribution >= 0.6 is 22.9 Å². The normalized spacial score (nSPS) is 15.0. The van der Waals surface area contributed by atoms with Gasteiger partial charge in [0, 0.05) is 31.1 Å². The van der Waals surface area contributed by atoms with E-state index in [0.29, 0.717) is 28.6 Å². The van der Waals surface area contributed by atoms with Gasteiger partial charge in [-0.25, -0.2) is 33.3 Å². The van der Waals surface area contributed by atoms with E-state index in [1.165, 1.54) is 23.6 Å². The minimum absolute atomic E-state index is 0.0418. The Bertz CT molecular complexity index is 1420. The molecule has 1 aliphatic rings. The summed E-state index contributed by atoms with van der Waals surface area (Å²) >= 11 is 7.23. The van der Waals surface area contributed by atoms with Gasteiger partial charge < -0.3 is 9.64 Å². The number of ether oxygens (including phenoxy) is 1. The summed E-state index contributed by atoms with van der Waals surface area (Å²) in [6.45, 7) is 2.48. The Kier molecular flexibility index (Phi) is 6.81. The van der Waals surface area contributed by atoms with E-state index >= 15 is 0 Å². The van der Waals surface area contributed by atoms with Crippen LogP contribution in [0.1, 0.15) is 19.3 Å². The highest BCUT2D eigenvalue weighted by Gasteiger charge is 2.21. The van der Waals surface area contributed by atoms with E-state index < -0.39 is 9.84 Å². The summed E-state index contributed by atoms with van der Waals surface area (Å²) < 4.78 is 29.2. The van der Waals surface area contributed by atoms with Gasteiger partial charge in [0.05, 0.1) is 24.7 Å². The van der Waals surface area contributed by atoms with E-state index in [1.54, 1.807) is 18.5 Å². The molecule has 12 heteroatoms. The Balaban J connectivity index is 1.15. The molecule has 35 heavy (non-hydrogen) atoms. The van der Waals surface area contributed by atoms with E-state index in [1.807, 2.05) is 12.1 Å². The summed E-state index contributed by atoms with van der Waals surface area (Å²) in [6.07, 6.45) is 9.07. The van der Waals surface area contributed by atoms with Crippen molar-refractivity contribution in [3.05, 3.63) is 48.0 Å². The third-order valence-electron chi connectivity index (χ3n) is 5.94. The molecule has 9 nitrogen and oxygen atoms in total. The molecule has 5 rings (SSSR count). The molecular formula is C23H23ClN6O3S2. The zero-order valence-corrected chi connectivity index (χ0v) is 21.4. The number of piperidine rings is 1. The fourth-order valence-electron chi connectivity index (χ4n) is 4.00. The predicted molar refractivity (Wildman–Crippen MR) is 136 cm³/mol. The van der Waals surface area contributed by atoms with Crippen LogP contribution in [0.15, 0.2) is 47.9 Å². The fourth-order valence-corrected chi connectivity index (χ4v) is 5.47. The molecule has 0 atom stereocenters. The van der Waals surface area contributed by atoms with Crippen molar-refractivity contribution in [1.82, 2.24) is 24.9 Å². The summed E-state index contributed by atoms with van der Waals surface area (Å²) in [5.74, 6) is 1.46. The Labute approximate surface area is 212 Å². The molecule has 0 bridgehead atoms. The molecule has 4 aromatic rings. The second-order valence-electron chi connectivity index (χ2n) is 8.42. The second kappa shape index (κ2) is 10.00. The highest BCUT2D eigenvalue weighted by atomic mass is 35.5. The molecule has 0 amide bonds. The monoisotopic (exact) mass is 530 g/mol. The second-order valence-corrected chi connectivity index (χ2v) is 11.7. The predicted octanol–water partition coefficient (Wildman–Crippen LogP) is 4.29. The lowest BCUT2D eigenvalue weighted by Gasteiger charge is -2.32. The van der Waals surface area contributed by atoms with Gasteiger partial charge in [-0.15, -0.1) is 0 Å². The van der Waals surface area contributed by atoms with Crippen molar-refractivity contribution in [2.45, 2.75) is 24.3 Å². The van der Waals surface area contributed by atoms with Crippen molar-refractivity contribution >= 4 is 48.9 Å². The first kappa shape index (κ1) is 23.8. The van der Waals surface area contributed by atoms with Crippen LogP contribution in [-0.4, -0.2) is 59.3 Å². The Hall–Kier alpha value is -2.89. The number of fused-ring (bicyclic) bond motifs is 1. The summed E-state index contributed by atoms with van der Waals surface area (Å²) in [5.41, 5.74) is 2.22. The molecule has 182 valence electrons. The van der Waals surface area contributed by atoms with Gasteiger partial charge in [-0.2, -0.15) is 0 Å². The van der Waals surface area contributed by atoms with E-state index in [2.05, 4.69) is 29.8 Å². The SMILES string of the molecule is CS(=O)(=O)c1ccc(-c2ccc3nc(OCCC4CCN(c5cnc(Cl)cn5)CC4)sc3n2)cn1. The zero-order valence-electron chi connectivity index (χ0n) is 19.0. The maximum atomic E-state index is 11.6. The number of hydrogen-bond acceptors (Lipinski definition) is 10. The van der Waals surface area contributed by atoms with Crippen molar-refractivity contribution < 1.29 is 13.2 Å².